The number of nitrogen functional groups attached to an aromatic ring is 1. The van der Waals surface area contributed by atoms with Crippen LogP contribution in [0.1, 0.15) is 12.8 Å². The molecule has 6 nitrogen and oxygen atoms in total. The third-order valence-corrected chi connectivity index (χ3v) is 4.55. The highest BCUT2D eigenvalue weighted by atomic mass is 19.3. The standard InChI is InChI=1S/C14H18F2N6/c15-14(16)8-21(9-14)10-3-5-20(6-4-10)11-1-2-12-18-13(17)19-22(12)7-11/h1-2,7,10H,3-6,8-9H2,(H2,17,19). The van der Waals surface area contributed by atoms with Crippen molar-refractivity contribution in [3.63, 3.8) is 0 Å². The Labute approximate surface area is 126 Å². The minimum absolute atomic E-state index is 0.0815. The molecule has 0 amide bonds. The Kier molecular flexibility index (Phi) is 2.97. The summed E-state index contributed by atoms with van der Waals surface area (Å²) in [7, 11) is 0. The summed E-state index contributed by atoms with van der Waals surface area (Å²) >= 11 is 0. The van der Waals surface area contributed by atoms with Crippen molar-refractivity contribution in [2.24, 2.45) is 0 Å². The molecule has 2 aliphatic rings. The van der Waals surface area contributed by atoms with E-state index in [1.54, 1.807) is 4.52 Å². The number of piperidine rings is 1. The van der Waals surface area contributed by atoms with Crippen LogP contribution in [0.25, 0.3) is 5.65 Å². The minimum atomic E-state index is -2.48. The average molecular weight is 308 g/mol. The lowest BCUT2D eigenvalue weighted by molar-refractivity contribution is -0.148. The summed E-state index contributed by atoms with van der Waals surface area (Å²) in [6.45, 7) is 1.56. The molecule has 2 aliphatic heterocycles. The van der Waals surface area contributed by atoms with E-state index >= 15 is 0 Å². The molecule has 0 bridgehead atoms. The van der Waals surface area contributed by atoms with Gasteiger partial charge in [0, 0.05) is 19.1 Å². The van der Waals surface area contributed by atoms with Gasteiger partial charge in [0.2, 0.25) is 5.95 Å². The molecule has 2 saturated heterocycles. The lowest BCUT2D eigenvalue weighted by Crippen LogP contribution is -2.61. The molecule has 0 radical (unpaired) electrons. The summed E-state index contributed by atoms with van der Waals surface area (Å²) in [4.78, 5) is 8.26. The van der Waals surface area contributed by atoms with E-state index in [1.165, 1.54) is 0 Å². The highest BCUT2D eigenvalue weighted by Gasteiger charge is 2.46. The average Bonchev–Trinajstić information content (AvgIpc) is 2.84. The Morgan fingerprint density at radius 3 is 2.59 bits per heavy atom. The van der Waals surface area contributed by atoms with Gasteiger partial charge in [-0.15, -0.1) is 5.10 Å². The Balaban J connectivity index is 1.42. The predicted molar refractivity (Wildman–Crippen MR) is 79.2 cm³/mol. The maximum absolute atomic E-state index is 13.0. The second-order valence-corrected chi connectivity index (χ2v) is 6.14. The number of nitrogens with zero attached hydrogens (tertiary/aromatic N) is 5. The van der Waals surface area contributed by atoms with Crippen LogP contribution in [0, 0.1) is 0 Å². The summed E-state index contributed by atoms with van der Waals surface area (Å²) in [6.07, 6.45) is 3.73. The van der Waals surface area contributed by atoms with E-state index < -0.39 is 5.92 Å². The van der Waals surface area contributed by atoms with Crippen molar-refractivity contribution in [2.75, 3.05) is 36.8 Å². The van der Waals surface area contributed by atoms with Crippen LogP contribution in [-0.2, 0) is 0 Å². The molecule has 2 fully saturated rings. The Bertz CT molecular complexity index is 684. The number of fused-ring (bicyclic) bond motifs is 1. The number of hydrogen-bond donors (Lipinski definition) is 1. The van der Waals surface area contributed by atoms with Crippen LogP contribution in [0.2, 0.25) is 0 Å². The van der Waals surface area contributed by atoms with Crippen molar-refractivity contribution in [3.8, 4) is 0 Å². The van der Waals surface area contributed by atoms with E-state index in [9.17, 15) is 8.78 Å². The van der Waals surface area contributed by atoms with E-state index in [0.29, 0.717) is 0 Å². The first-order chi connectivity index (χ1) is 10.5. The third kappa shape index (κ3) is 2.37. The zero-order valence-electron chi connectivity index (χ0n) is 12.1. The van der Waals surface area contributed by atoms with Crippen LogP contribution in [0.3, 0.4) is 0 Å². The number of rotatable bonds is 2. The highest BCUT2D eigenvalue weighted by molar-refractivity contribution is 5.52. The maximum atomic E-state index is 13.0. The van der Waals surface area contributed by atoms with Gasteiger partial charge in [0.25, 0.3) is 5.92 Å². The normalized spacial score (nSPS) is 22.9. The number of halogens is 2. The van der Waals surface area contributed by atoms with Crippen LogP contribution in [0.15, 0.2) is 18.3 Å². The molecule has 0 atom stereocenters. The maximum Gasteiger partial charge on any atom is 0.272 e. The first kappa shape index (κ1) is 13.7. The molecule has 2 aromatic heterocycles. The van der Waals surface area contributed by atoms with Gasteiger partial charge in [0.05, 0.1) is 25.0 Å². The molecular weight excluding hydrogens is 290 g/mol. The van der Waals surface area contributed by atoms with Crippen molar-refractivity contribution < 1.29 is 8.78 Å². The number of alkyl halides is 2. The zero-order valence-corrected chi connectivity index (χ0v) is 12.1. The van der Waals surface area contributed by atoms with Crippen molar-refractivity contribution >= 4 is 17.3 Å². The zero-order chi connectivity index (χ0) is 15.3. The monoisotopic (exact) mass is 308 g/mol. The van der Waals surface area contributed by atoms with Gasteiger partial charge in [-0.3, -0.25) is 4.90 Å². The van der Waals surface area contributed by atoms with Crippen LogP contribution in [0.5, 0.6) is 0 Å². The van der Waals surface area contributed by atoms with Crippen LogP contribution in [0.4, 0.5) is 20.4 Å². The summed E-state index contributed by atoms with van der Waals surface area (Å²) in [5.74, 6) is -2.22. The summed E-state index contributed by atoms with van der Waals surface area (Å²) < 4.78 is 27.6. The fraction of sp³-hybridized carbons (Fsp3) is 0.571. The quantitative estimate of drug-likeness (QED) is 0.904. The molecule has 2 N–H and O–H groups in total. The number of nitrogens with two attached hydrogens (primary N) is 1. The molecule has 118 valence electrons. The molecule has 4 heterocycles. The van der Waals surface area contributed by atoms with Gasteiger partial charge < -0.3 is 10.6 Å². The largest absolute Gasteiger partial charge is 0.370 e. The second kappa shape index (κ2) is 4.77. The van der Waals surface area contributed by atoms with Gasteiger partial charge in [-0.25, -0.2) is 13.3 Å². The molecule has 0 aromatic carbocycles. The highest BCUT2D eigenvalue weighted by Crippen LogP contribution is 2.32. The van der Waals surface area contributed by atoms with Crippen LogP contribution < -0.4 is 10.6 Å². The molecule has 0 aliphatic carbocycles. The van der Waals surface area contributed by atoms with E-state index in [1.807, 2.05) is 23.2 Å². The Morgan fingerprint density at radius 2 is 1.91 bits per heavy atom. The lowest BCUT2D eigenvalue weighted by atomic mass is 9.98. The number of likely N-dealkylation sites (tertiary alicyclic amines) is 1. The molecule has 0 spiro atoms. The lowest BCUT2D eigenvalue weighted by Gasteiger charge is -2.47. The smallest absolute Gasteiger partial charge is 0.272 e. The van der Waals surface area contributed by atoms with Gasteiger partial charge in [-0.05, 0) is 25.0 Å². The topological polar surface area (TPSA) is 62.7 Å². The fourth-order valence-corrected chi connectivity index (χ4v) is 3.37. The van der Waals surface area contributed by atoms with Crippen LogP contribution >= 0.6 is 0 Å². The Hall–Kier alpha value is -1.96. The van der Waals surface area contributed by atoms with Gasteiger partial charge in [0.1, 0.15) is 0 Å². The van der Waals surface area contributed by atoms with E-state index in [2.05, 4.69) is 15.0 Å². The molecule has 0 unspecified atom stereocenters. The van der Waals surface area contributed by atoms with E-state index in [-0.39, 0.29) is 25.1 Å². The first-order valence-corrected chi connectivity index (χ1v) is 7.49. The van der Waals surface area contributed by atoms with Gasteiger partial charge in [0.15, 0.2) is 5.65 Å². The van der Waals surface area contributed by atoms with Crippen molar-refractivity contribution in [3.05, 3.63) is 18.3 Å². The third-order valence-electron chi connectivity index (χ3n) is 4.55. The number of aromatic nitrogens is 3. The molecule has 22 heavy (non-hydrogen) atoms. The summed E-state index contributed by atoms with van der Waals surface area (Å²) in [6, 6.07) is 4.17. The van der Waals surface area contributed by atoms with Crippen molar-refractivity contribution in [1.82, 2.24) is 19.5 Å². The molecule has 8 heteroatoms. The molecule has 0 saturated carbocycles. The molecule has 2 aromatic rings. The minimum Gasteiger partial charge on any atom is -0.370 e. The van der Waals surface area contributed by atoms with Crippen LogP contribution in [-0.4, -0.2) is 57.6 Å². The van der Waals surface area contributed by atoms with Gasteiger partial charge in [-0.1, -0.05) is 0 Å². The Morgan fingerprint density at radius 1 is 1.18 bits per heavy atom. The van der Waals surface area contributed by atoms with Crippen molar-refractivity contribution in [2.45, 2.75) is 24.8 Å². The number of anilines is 2. The SMILES string of the molecule is Nc1nc2ccc(N3CCC(N4CC(F)(F)C4)CC3)cn2n1. The first-order valence-electron chi connectivity index (χ1n) is 7.49. The number of hydrogen-bond acceptors (Lipinski definition) is 5. The van der Waals surface area contributed by atoms with E-state index in [4.69, 9.17) is 5.73 Å². The van der Waals surface area contributed by atoms with Gasteiger partial charge >= 0.3 is 0 Å². The fourth-order valence-electron chi connectivity index (χ4n) is 3.37. The molecular formula is C14H18F2N6. The van der Waals surface area contributed by atoms with E-state index in [0.717, 1.165) is 37.3 Å². The van der Waals surface area contributed by atoms with Crippen molar-refractivity contribution in [1.29, 1.82) is 0 Å². The second-order valence-electron chi connectivity index (χ2n) is 6.14. The predicted octanol–water partition coefficient (Wildman–Crippen LogP) is 1.23. The summed E-state index contributed by atoms with van der Waals surface area (Å²) in [5.41, 5.74) is 7.37. The number of pyridine rings is 1. The van der Waals surface area contributed by atoms with Gasteiger partial charge in [-0.2, -0.15) is 4.98 Å². The summed E-state index contributed by atoms with van der Waals surface area (Å²) in [5, 5.41) is 4.12. The molecule has 4 rings (SSSR count).